The number of pyridine rings is 1. The van der Waals surface area contributed by atoms with Gasteiger partial charge < -0.3 is 20.4 Å². The van der Waals surface area contributed by atoms with E-state index < -0.39 is 0 Å². The molecule has 2 N–H and O–H groups in total. The summed E-state index contributed by atoms with van der Waals surface area (Å²) in [7, 11) is 2.11. The summed E-state index contributed by atoms with van der Waals surface area (Å²) in [6.07, 6.45) is 11.0. The second-order valence-corrected chi connectivity index (χ2v) is 9.52. The van der Waals surface area contributed by atoms with Gasteiger partial charge in [0.25, 0.3) is 5.91 Å². The van der Waals surface area contributed by atoms with Gasteiger partial charge in [-0.1, -0.05) is 6.08 Å². The molecule has 9 nitrogen and oxygen atoms in total. The monoisotopic (exact) mass is 458 g/mol. The fourth-order valence-electron chi connectivity index (χ4n) is 4.82. The first-order valence-electron chi connectivity index (χ1n) is 12.2. The van der Waals surface area contributed by atoms with Crippen LogP contribution in [0.15, 0.2) is 36.9 Å². The summed E-state index contributed by atoms with van der Waals surface area (Å²) in [5, 5.41) is 11.4. The molecule has 2 fully saturated rings. The van der Waals surface area contributed by atoms with E-state index in [0.717, 1.165) is 78.9 Å². The minimum atomic E-state index is 0.0530. The summed E-state index contributed by atoms with van der Waals surface area (Å²) < 4.78 is 1.79. The van der Waals surface area contributed by atoms with E-state index in [-0.39, 0.29) is 5.91 Å². The largest absolute Gasteiger partial charge is 0.369 e. The number of likely N-dealkylation sites (N-methyl/N-ethyl adjacent to an activating group) is 1. The zero-order chi connectivity index (χ0) is 23.1. The van der Waals surface area contributed by atoms with Gasteiger partial charge in [0.2, 0.25) is 0 Å². The van der Waals surface area contributed by atoms with Gasteiger partial charge in [-0.25, -0.2) is 14.5 Å². The lowest BCUT2D eigenvalue weighted by molar-refractivity contribution is 0.0764. The molecule has 3 aromatic rings. The molecule has 1 amide bonds. The number of aromatic nitrogens is 4. The van der Waals surface area contributed by atoms with Crippen molar-refractivity contribution < 1.29 is 4.79 Å². The van der Waals surface area contributed by atoms with Gasteiger partial charge in [-0.05, 0) is 62.0 Å². The van der Waals surface area contributed by atoms with Crippen LogP contribution in [-0.2, 0) is 0 Å². The molecule has 0 bridgehead atoms. The molecule has 0 aromatic carbocycles. The average Bonchev–Trinajstić information content (AvgIpc) is 3.64. The molecule has 1 saturated heterocycles. The van der Waals surface area contributed by atoms with Crippen molar-refractivity contribution >= 4 is 28.6 Å². The fourth-order valence-corrected chi connectivity index (χ4v) is 4.82. The van der Waals surface area contributed by atoms with E-state index in [4.69, 9.17) is 0 Å². The van der Waals surface area contributed by atoms with Crippen molar-refractivity contribution in [2.45, 2.75) is 19.3 Å². The van der Waals surface area contributed by atoms with Gasteiger partial charge in [0, 0.05) is 38.9 Å². The smallest absolute Gasteiger partial charge is 0.257 e. The molecule has 176 valence electrons. The van der Waals surface area contributed by atoms with Gasteiger partial charge in [0.1, 0.15) is 18.0 Å². The van der Waals surface area contributed by atoms with Crippen LogP contribution in [0.4, 0.5) is 11.6 Å². The maximum absolute atomic E-state index is 13.4. The fraction of sp³-hybridized carbons (Fsp3) is 0.440. The van der Waals surface area contributed by atoms with Crippen LogP contribution in [0.1, 0.15) is 40.7 Å². The average molecular weight is 459 g/mol. The van der Waals surface area contributed by atoms with Gasteiger partial charge in [-0.2, -0.15) is 5.10 Å². The molecule has 0 atom stereocenters. The Kier molecular flexibility index (Phi) is 5.41. The number of hydrogen-bond donors (Lipinski definition) is 2. The predicted molar refractivity (Wildman–Crippen MR) is 132 cm³/mol. The third-order valence-electron chi connectivity index (χ3n) is 7.02. The Morgan fingerprint density at radius 3 is 3.00 bits per heavy atom. The van der Waals surface area contributed by atoms with Gasteiger partial charge in [-0.15, -0.1) is 0 Å². The number of carbonyl (C=O) groups excluding carboxylic acids is 1. The Morgan fingerprint density at radius 2 is 2.12 bits per heavy atom. The highest BCUT2D eigenvalue weighted by atomic mass is 16.2. The number of hydrogen-bond acceptors (Lipinski definition) is 7. The first-order valence-corrected chi connectivity index (χ1v) is 12.2. The van der Waals surface area contributed by atoms with Crippen molar-refractivity contribution in [3.05, 3.63) is 53.6 Å². The first-order chi connectivity index (χ1) is 16.7. The number of nitrogens with one attached hydrogen (secondary N) is 2. The highest BCUT2D eigenvalue weighted by Gasteiger charge is 2.26. The molecule has 9 heteroatoms. The van der Waals surface area contributed by atoms with E-state index in [1.54, 1.807) is 17.0 Å². The Bertz CT molecular complexity index is 1260. The van der Waals surface area contributed by atoms with Crippen molar-refractivity contribution in [3.8, 4) is 0 Å². The molecule has 1 saturated carbocycles. The number of nitrogens with zero attached hydrogens (tertiary/aromatic N) is 6. The summed E-state index contributed by atoms with van der Waals surface area (Å²) in [4.78, 5) is 26.7. The van der Waals surface area contributed by atoms with Gasteiger partial charge in [0.15, 0.2) is 0 Å². The van der Waals surface area contributed by atoms with Crippen molar-refractivity contribution in [3.63, 3.8) is 0 Å². The molecule has 5 heterocycles. The zero-order valence-electron chi connectivity index (χ0n) is 19.5. The third-order valence-corrected chi connectivity index (χ3v) is 7.02. The quantitative estimate of drug-likeness (QED) is 0.607. The Hall–Kier alpha value is -3.46. The number of anilines is 2. The molecule has 1 aliphatic carbocycles. The Morgan fingerprint density at radius 1 is 1.21 bits per heavy atom. The van der Waals surface area contributed by atoms with E-state index in [1.807, 2.05) is 17.2 Å². The van der Waals surface area contributed by atoms with Crippen molar-refractivity contribution in [2.24, 2.45) is 5.92 Å². The van der Waals surface area contributed by atoms with Crippen LogP contribution < -0.4 is 10.6 Å². The molecule has 3 aromatic heterocycles. The molecular weight excluding hydrogens is 428 g/mol. The molecule has 34 heavy (non-hydrogen) atoms. The molecule has 3 aliphatic rings. The Balaban J connectivity index is 1.35. The minimum Gasteiger partial charge on any atom is -0.369 e. The van der Waals surface area contributed by atoms with Crippen LogP contribution >= 0.6 is 0 Å². The molecule has 2 aliphatic heterocycles. The summed E-state index contributed by atoms with van der Waals surface area (Å²) in [6.45, 7) is 5.05. The molecule has 0 unspecified atom stereocenters. The van der Waals surface area contributed by atoms with Crippen LogP contribution in [-0.4, -0.2) is 81.6 Å². The standard InChI is InChI=1S/C25H30N8O/c1-31-8-2-9-32(12-11-31)25(34)20-15-30-33-10-6-18(13-21(20)33)19-5-7-26-23-22(19)24(29-16-28-23)27-14-17-3-4-17/h5-6,10,13,15-17H,2-4,7-9,11-12,14H2,1H3,(H2,26,27,28,29). The third kappa shape index (κ3) is 4.00. The van der Waals surface area contributed by atoms with Crippen LogP contribution in [0.25, 0.3) is 11.1 Å². The number of carbonyl (C=O) groups is 1. The second kappa shape index (κ2) is 8.72. The van der Waals surface area contributed by atoms with Crippen LogP contribution in [0.3, 0.4) is 0 Å². The van der Waals surface area contributed by atoms with Crippen LogP contribution in [0, 0.1) is 5.92 Å². The number of amides is 1. The molecule has 0 spiro atoms. The number of rotatable bonds is 5. The van der Waals surface area contributed by atoms with Gasteiger partial charge in [-0.3, -0.25) is 4.79 Å². The summed E-state index contributed by atoms with van der Waals surface area (Å²) >= 11 is 0. The van der Waals surface area contributed by atoms with E-state index in [0.29, 0.717) is 12.1 Å². The topological polar surface area (TPSA) is 90.7 Å². The lowest BCUT2D eigenvalue weighted by Crippen LogP contribution is -2.34. The normalized spacial score (nSPS) is 18.7. The van der Waals surface area contributed by atoms with Crippen molar-refractivity contribution in [2.75, 3.05) is 56.9 Å². The zero-order valence-corrected chi connectivity index (χ0v) is 19.5. The van der Waals surface area contributed by atoms with E-state index in [1.165, 1.54) is 12.8 Å². The highest BCUT2D eigenvalue weighted by Crippen LogP contribution is 2.37. The van der Waals surface area contributed by atoms with E-state index in [2.05, 4.69) is 49.8 Å². The Labute approximate surface area is 198 Å². The molecular formula is C25H30N8O. The lowest BCUT2D eigenvalue weighted by Gasteiger charge is -2.22. The summed E-state index contributed by atoms with van der Waals surface area (Å²) in [5.41, 5.74) is 4.57. The highest BCUT2D eigenvalue weighted by molar-refractivity contribution is 6.01. The maximum Gasteiger partial charge on any atom is 0.257 e. The molecule has 6 rings (SSSR count). The van der Waals surface area contributed by atoms with E-state index >= 15 is 0 Å². The predicted octanol–water partition coefficient (Wildman–Crippen LogP) is 2.58. The van der Waals surface area contributed by atoms with E-state index in [9.17, 15) is 4.79 Å². The number of fused-ring (bicyclic) bond motifs is 2. The van der Waals surface area contributed by atoms with Gasteiger partial charge >= 0.3 is 0 Å². The summed E-state index contributed by atoms with van der Waals surface area (Å²) in [5.74, 6) is 2.49. The van der Waals surface area contributed by atoms with Crippen molar-refractivity contribution in [1.82, 2.24) is 29.4 Å². The minimum absolute atomic E-state index is 0.0530. The maximum atomic E-state index is 13.4. The van der Waals surface area contributed by atoms with Crippen molar-refractivity contribution in [1.29, 1.82) is 0 Å². The van der Waals surface area contributed by atoms with Crippen LogP contribution in [0.2, 0.25) is 0 Å². The summed E-state index contributed by atoms with van der Waals surface area (Å²) in [6, 6.07) is 4.12. The SMILES string of the molecule is CN1CCCN(C(=O)c2cnn3ccc(C4=CCNc5ncnc(NCC6CC6)c54)cc23)CC1. The lowest BCUT2D eigenvalue weighted by atomic mass is 9.96. The molecule has 0 radical (unpaired) electrons. The van der Waals surface area contributed by atoms with Gasteiger partial charge in [0.05, 0.1) is 22.8 Å². The van der Waals surface area contributed by atoms with Crippen LogP contribution in [0.5, 0.6) is 0 Å². The first kappa shape index (κ1) is 21.1. The second-order valence-electron chi connectivity index (χ2n) is 9.52.